The fourth-order valence-corrected chi connectivity index (χ4v) is 2.81. The lowest BCUT2D eigenvalue weighted by atomic mass is 10.1. The van der Waals surface area contributed by atoms with E-state index in [0.29, 0.717) is 12.0 Å². The number of fused-ring (bicyclic) bond motifs is 1. The standard InChI is InChI=1S/C17H17NO3/c1-10-5-4-8-13(16(10)20)17(21)18-15-12-7-3-2-6-11(12)9-14(15)19/h2-8,14-15,19-20H,9H2,1H3,(H,18,21)/t14-,15+/m0/s1. The van der Waals surface area contributed by atoms with E-state index in [-0.39, 0.29) is 17.2 Å². The fourth-order valence-electron chi connectivity index (χ4n) is 2.81. The summed E-state index contributed by atoms with van der Waals surface area (Å²) in [5.74, 6) is -0.396. The Morgan fingerprint density at radius 1 is 1.19 bits per heavy atom. The second-order valence-electron chi connectivity index (χ2n) is 5.39. The second-order valence-corrected chi connectivity index (χ2v) is 5.39. The van der Waals surface area contributed by atoms with Gasteiger partial charge in [0.25, 0.3) is 5.91 Å². The highest BCUT2D eigenvalue weighted by molar-refractivity contribution is 5.97. The highest BCUT2D eigenvalue weighted by Gasteiger charge is 2.32. The number of aliphatic hydroxyl groups is 1. The molecule has 0 bridgehead atoms. The number of aryl methyl sites for hydroxylation is 1. The number of aliphatic hydroxyl groups excluding tert-OH is 1. The lowest BCUT2D eigenvalue weighted by Gasteiger charge is -2.18. The van der Waals surface area contributed by atoms with E-state index in [1.165, 1.54) is 0 Å². The molecular formula is C17H17NO3. The van der Waals surface area contributed by atoms with Gasteiger partial charge in [-0.2, -0.15) is 0 Å². The van der Waals surface area contributed by atoms with Crippen molar-refractivity contribution in [1.29, 1.82) is 0 Å². The van der Waals surface area contributed by atoms with Gasteiger partial charge >= 0.3 is 0 Å². The average molecular weight is 283 g/mol. The van der Waals surface area contributed by atoms with Gasteiger partial charge in [0.15, 0.2) is 0 Å². The molecule has 0 aliphatic heterocycles. The van der Waals surface area contributed by atoms with Gasteiger partial charge in [-0.05, 0) is 29.7 Å². The topological polar surface area (TPSA) is 69.6 Å². The summed E-state index contributed by atoms with van der Waals surface area (Å²) in [7, 11) is 0. The van der Waals surface area contributed by atoms with E-state index in [1.54, 1.807) is 25.1 Å². The van der Waals surface area contributed by atoms with Crippen LogP contribution in [0.5, 0.6) is 5.75 Å². The van der Waals surface area contributed by atoms with Crippen molar-refractivity contribution >= 4 is 5.91 Å². The van der Waals surface area contributed by atoms with Crippen LogP contribution in [0.15, 0.2) is 42.5 Å². The number of hydrogen-bond acceptors (Lipinski definition) is 3. The highest BCUT2D eigenvalue weighted by Crippen LogP contribution is 2.32. The molecule has 0 radical (unpaired) electrons. The molecule has 0 aromatic heterocycles. The molecule has 3 N–H and O–H groups in total. The van der Waals surface area contributed by atoms with Crippen LogP contribution in [0.2, 0.25) is 0 Å². The van der Waals surface area contributed by atoms with Crippen LogP contribution in [-0.4, -0.2) is 22.2 Å². The predicted molar refractivity (Wildman–Crippen MR) is 79.2 cm³/mol. The number of aromatic hydroxyl groups is 1. The molecule has 2 aromatic carbocycles. The van der Waals surface area contributed by atoms with E-state index >= 15 is 0 Å². The van der Waals surface area contributed by atoms with Crippen LogP contribution in [-0.2, 0) is 6.42 Å². The Balaban J connectivity index is 1.87. The normalized spacial score (nSPS) is 20.1. The van der Waals surface area contributed by atoms with Gasteiger partial charge in [-0.15, -0.1) is 0 Å². The van der Waals surface area contributed by atoms with Crippen molar-refractivity contribution < 1.29 is 15.0 Å². The Hall–Kier alpha value is -2.33. The van der Waals surface area contributed by atoms with Crippen molar-refractivity contribution in [1.82, 2.24) is 5.32 Å². The summed E-state index contributed by atoms with van der Waals surface area (Å²) in [5, 5.41) is 23.0. The average Bonchev–Trinajstić information content (AvgIpc) is 2.78. The molecule has 0 saturated heterocycles. The Morgan fingerprint density at radius 3 is 2.76 bits per heavy atom. The van der Waals surface area contributed by atoms with Crippen molar-refractivity contribution in [2.24, 2.45) is 0 Å². The number of carbonyl (C=O) groups is 1. The molecule has 0 saturated carbocycles. The maximum atomic E-state index is 12.3. The molecule has 3 rings (SSSR count). The molecule has 0 unspecified atom stereocenters. The first-order valence-corrected chi connectivity index (χ1v) is 6.93. The number of hydrogen-bond donors (Lipinski definition) is 3. The SMILES string of the molecule is Cc1cccc(C(=O)N[C@@H]2c3ccccc3C[C@@H]2O)c1O. The number of carbonyl (C=O) groups excluding carboxylic acids is 1. The Labute approximate surface area is 123 Å². The third kappa shape index (κ3) is 2.38. The smallest absolute Gasteiger partial charge is 0.255 e. The van der Waals surface area contributed by atoms with Crippen LogP contribution in [0.25, 0.3) is 0 Å². The number of para-hydroxylation sites is 1. The predicted octanol–water partition coefficient (Wildman–Crippen LogP) is 2.09. The molecule has 1 aliphatic carbocycles. The van der Waals surface area contributed by atoms with Crippen LogP contribution in [0.3, 0.4) is 0 Å². The van der Waals surface area contributed by atoms with Crippen molar-refractivity contribution in [3.8, 4) is 5.75 Å². The maximum absolute atomic E-state index is 12.3. The van der Waals surface area contributed by atoms with Gasteiger partial charge in [0.05, 0.1) is 17.7 Å². The zero-order chi connectivity index (χ0) is 15.0. The first kappa shape index (κ1) is 13.6. The van der Waals surface area contributed by atoms with Crippen molar-refractivity contribution in [2.45, 2.75) is 25.5 Å². The Morgan fingerprint density at radius 2 is 1.95 bits per heavy atom. The van der Waals surface area contributed by atoms with Crippen LogP contribution >= 0.6 is 0 Å². The Bertz CT molecular complexity index is 696. The van der Waals surface area contributed by atoms with Crippen LogP contribution in [0.1, 0.15) is 33.1 Å². The Kier molecular flexibility index (Phi) is 3.39. The molecule has 2 aromatic rings. The number of nitrogens with one attached hydrogen (secondary N) is 1. The van der Waals surface area contributed by atoms with E-state index in [1.807, 2.05) is 24.3 Å². The van der Waals surface area contributed by atoms with Gasteiger partial charge in [0.2, 0.25) is 0 Å². The van der Waals surface area contributed by atoms with E-state index in [0.717, 1.165) is 11.1 Å². The zero-order valence-corrected chi connectivity index (χ0v) is 11.7. The summed E-state index contributed by atoms with van der Waals surface area (Å²) >= 11 is 0. The summed E-state index contributed by atoms with van der Waals surface area (Å²) in [6.07, 6.45) is -0.112. The summed E-state index contributed by atoms with van der Waals surface area (Å²) in [6.45, 7) is 1.74. The number of amides is 1. The first-order chi connectivity index (χ1) is 10.1. The largest absolute Gasteiger partial charge is 0.507 e. The monoisotopic (exact) mass is 283 g/mol. The molecule has 2 atom stereocenters. The van der Waals surface area contributed by atoms with Gasteiger partial charge < -0.3 is 15.5 Å². The summed E-state index contributed by atoms with van der Waals surface area (Å²) in [6, 6.07) is 12.3. The van der Waals surface area contributed by atoms with Crippen molar-refractivity contribution in [3.05, 3.63) is 64.7 Å². The molecule has 108 valence electrons. The van der Waals surface area contributed by atoms with Gasteiger partial charge in [-0.1, -0.05) is 36.4 Å². The van der Waals surface area contributed by atoms with E-state index in [2.05, 4.69) is 5.32 Å². The molecule has 4 heteroatoms. The summed E-state index contributed by atoms with van der Waals surface area (Å²) < 4.78 is 0. The van der Waals surface area contributed by atoms with Crippen molar-refractivity contribution in [3.63, 3.8) is 0 Å². The minimum Gasteiger partial charge on any atom is -0.507 e. The first-order valence-electron chi connectivity index (χ1n) is 6.93. The number of phenolic OH excluding ortho intramolecular Hbond substituents is 1. The molecular weight excluding hydrogens is 266 g/mol. The number of benzene rings is 2. The third-order valence-electron chi connectivity index (χ3n) is 3.97. The molecule has 0 fully saturated rings. The molecule has 1 aliphatic rings. The lowest BCUT2D eigenvalue weighted by Crippen LogP contribution is -2.33. The zero-order valence-electron chi connectivity index (χ0n) is 11.7. The third-order valence-corrected chi connectivity index (χ3v) is 3.97. The van der Waals surface area contributed by atoms with Gasteiger partial charge in [-0.25, -0.2) is 0 Å². The maximum Gasteiger partial charge on any atom is 0.255 e. The quantitative estimate of drug-likeness (QED) is 0.790. The molecule has 1 amide bonds. The lowest BCUT2D eigenvalue weighted by molar-refractivity contribution is 0.0855. The van der Waals surface area contributed by atoms with Crippen LogP contribution in [0.4, 0.5) is 0 Å². The summed E-state index contributed by atoms with van der Waals surface area (Å²) in [4.78, 5) is 12.3. The molecule has 21 heavy (non-hydrogen) atoms. The van der Waals surface area contributed by atoms with Crippen molar-refractivity contribution in [2.75, 3.05) is 0 Å². The second kappa shape index (κ2) is 5.22. The van der Waals surface area contributed by atoms with Crippen LogP contribution in [0, 0.1) is 6.92 Å². The van der Waals surface area contributed by atoms with E-state index in [4.69, 9.17) is 0 Å². The van der Waals surface area contributed by atoms with Gasteiger partial charge in [-0.3, -0.25) is 4.79 Å². The minimum atomic E-state index is -0.640. The minimum absolute atomic E-state index is 0.0178. The summed E-state index contributed by atoms with van der Waals surface area (Å²) in [5.41, 5.74) is 2.86. The highest BCUT2D eigenvalue weighted by atomic mass is 16.3. The number of phenols is 1. The fraction of sp³-hybridized carbons (Fsp3) is 0.235. The van der Waals surface area contributed by atoms with Crippen LogP contribution < -0.4 is 5.32 Å². The molecule has 0 spiro atoms. The van der Waals surface area contributed by atoms with Gasteiger partial charge in [0.1, 0.15) is 5.75 Å². The van der Waals surface area contributed by atoms with Gasteiger partial charge in [0, 0.05) is 6.42 Å². The number of rotatable bonds is 2. The van der Waals surface area contributed by atoms with E-state index < -0.39 is 12.1 Å². The van der Waals surface area contributed by atoms with E-state index in [9.17, 15) is 15.0 Å². The molecule has 0 heterocycles. The molecule has 4 nitrogen and oxygen atoms in total.